The van der Waals surface area contributed by atoms with Crippen LogP contribution >= 0.6 is 0 Å². The maximum Gasteiger partial charge on any atom is 0.260 e. The van der Waals surface area contributed by atoms with Gasteiger partial charge in [-0.15, -0.1) is 0 Å². The predicted octanol–water partition coefficient (Wildman–Crippen LogP) is 3.56. The molecule has 0 radical (unpaired) electrons. The molecule has 1 saturated carbocycles. The van der Waals surface area contributed by atoms with Gasteiger partial charge in [0.1, 0.15) is 23.0 Å². The van der Waals surface area contributed by atoms with E-state index in [1.165, 1.54) is 6.20 Å². The molecule has 0 bridgehead atoms. The molecule has 2 aromatic heterocycles. The molecule has 0 aliphatic heterocycles. The molecule has 1 aliphatic rings. The van der Waals surface area contributed by atoms with Crippen LogP contribution in [0.5, 0.6) is 0 Å². The molecule has 4 rings (SSSR count). The molecule has 7 heteroatoms. The fourth-order valence-electron chi connectivity index (χ4n) is 3.22. The number of nitrogens with one attached hydrogen (secondary N) is 1. The van der Waals surface area contributed by atoms with Crippen LogP contribution in [-0.4, -0.2) is 25.4 Å². The first-order valence-corrected chi connectivity index (χ1v) is 9.55. The van der Waals surface area contributed by atoms with Crippen molar-refractivity contribution in [1.29, 1.82) is 0 Å². The van der Waals surface area contributed by atoms with Gasteiger partial charge in [-0.3, -0.25) is 4.79 Å². The third-order valence-electron chi connectivity index (χ3n) is 4.83. The number of nitrogens with zero attached hydrogens (tertiary/aromatic N) is 4. The molecule has 2 heterocycles. The summed E-state index contributed by atoms with van der Waals surface area (Å²) in [4.78, 5) is 25.6. The van der Waals surface area contributed by atoms with Gasteiger partial charge in [-0.2, -0.15) is 0 Å². The molecule has 144 valence electrons. The van der Waals surface area contributed by atoms with E-state index in [2.05, 4.69) is 38.7 Å². The second-order valence-corrected chi connectivity index (χ2v) is 7.52. The molecule has 0 atom stereocenters. The number of amides is 1. The van der Waals surface area contributed by atoms with Gasteiger partial charge in [-0.25, -0.2) is 15.0 Å². The Morgan fingerprint density at radius 2 is 2.14 bits per heavy atom. The summed E-state index contributed by atoms with van der Waals surface area (Å²) in [5, 5.41) is 2.90. The Bertz CT molecular complexity index is 1010. The van der Waals surface area contributed by atoms with Crippen molar-refractivity contribution in [1.82, 2.24) is 19.5 Å². The van der Waals surface area contributed by atoms with Gasteiger partial charge in [0.15, 0.2) is 0 Å². The van der Waals surface area contributed by atoms with Gasteiger partial charge in [0.25, 0.3) is 5.91 Å². The largest absolute Gasteiger partial charge is 0.383 e. The molecule has 3 N–H and O–H groups in total. The van der Waals surface area contributed by atoms with Crippen molar-refractivity contribution in [2.75, 3.05) is 11.1 Å². The first-order valence-electron chi connectivity index (χ1n) is 9.55. The highest BCUT2D eigenvalue weighted by atomic mass is 16.1. The number of rotatable bonds is 6. The van der Waals surface area contributed by atoms with Crippen LogP contribution in [0.4, 0.5) is 11.5 Å². The quantitative estimate of drug-likeness (QED) is 0.685. The Morgan fingerprint density at radius 3 is 2.86 bits per heavy atom. The zero-order chi connectivity index (χ0) is 19.7. The van der Waals surface area contributed by atoms with E-state index in [-0.39, 0.29) is 11.7 Å². The van der Waals surface area contributed by atoms with Crippen LogP contribution in [0.2, 0.25) is 0 Å². The number of nitrogen functional groups attached to an aromatic ring is 1. The van der Waals surface area contributed by atoms with Gasteiger partial charge in [-0.05, 0) is 30.5 Å². The van der Waals surface area contributed by atoms with Crippen LogP contribution in [0.25, 0.3) is 0 Å². The molecule has 1 amide bonds. The molecule has 28 heavy (non-hydrogen) atoms. The van der Waals surface area contributed by atoms with Gasteiger partial charge < -0.3 is 15.6 Å². The Hall–Kier alpha value is -3.22. The van der Waals surface area contributed by atoms with Crippen molar-refractivity contribution in [2.45, 2.75) is 45.1 Å². The number of hydrogen-bond donors (Lipinski definition) is 2. The second-order valence-electron chi connectivity index (χ2n) is 7.52. The summed E-state index contributed by atoms with van der Waals surface area (Å²) in [6.45, 7) is 4.94. The lowest BCUT2D eigenvalue weighted by Crippen LogP contribution is -2.16. The molecule has 7 nitrogen and oxygen atoms in total. The van der Waals surface area contributed by atoms with Crippen LogP contribution in [0.1, 0.15) is 66.1 Å². The van der Waals surface area contributed by atoms with E-state index in [4.69, 9.17) is 5.73 Å². The van der Waals surface area contributed by atoms with Crippen molar-refractivity contribution in [2.24, 2.45) is 0 Å². The van der Waals surface area contributed by atoms with E-state index in [1.54, 1.807) is 0 Å². The van der Waals surface area contributed by atoms with Crippen LogP contribution in [0.15, 0.2) is 42.9 Å². The average Bonchev–Trinajstić information content (AvgIpc) is 3.41. The number of anilines is 2. The highest BCUT2D eigenvalue weighted by molar-refractivity contribution is 6.06. The van der Waals surface area contributed by atoms with Gasteiger partial charge in [0, 0.05) is 42.7 Å². The van der Waals surface area contributed by atoms with Gasteiger partial charge in [0.05, 0.1) is 0 Å². The summed E-state index contributed by atoms with van der Waals surface area (Å²) in [7, 11) is 0. The molecular formula is C21H24N6O. The normalized spacial score (nSPS) is 13.7. The molecule has 1 fully saturated rings. The molecule has 1 aromatic carbocycles. The van der Waals surface area contributed by atoms with Crippen molar-refractivity contribution in [3.05, 3.63) is 65.6 Å². The third kappa shape index (κ3) is 3.88. The fourth-order valence-corrected chi connectivity index (χ4v) is 3.22. The molecule has 0 saturated heterocycles. The summed E-state index contributed by atoms with van der Waals surface area (Å²) in [5.74, 6) is 2.44. The number of carbonyl (C=O) groups is 1. The topological polar surface area (TPSA) is 98.7 Å². The van der Waals surface area contributed by atoms with E-state index < -0.39 is 0 Å². The van der Waals surface area contributed by atoms with E-state index in [1.807, 2.05) is 36.7 Å². The number of hydrogen-bond acceptors (Lipinski definition) is 5. The summed E-state index contributed by atoms with van der Waals surface area (Å²) >= 11 is 0. The highest BCUT2D eigenvalue weighted by Crippen LogP contribution is 2.38. The first-order chi connectivity index (χ1) is 13.5. The Kier molecular flexibility index (Phi) is 4.81. The maximum absolute atomic E-state index is 12.6. The van der Waals surface area contributed by atoms with E-state index >= 15 is 0 Å². The van der Waals surface area contributed by atoms with Gasteiger partial charge in [-0.1, -0.05) is 26.0 Å². The average molecular weight is 376 g/mol. The van der Waals surface area contributed by atoms with Gasteiger partial charge >= 0.3 is 0 Å². The zero-order valence-electron chi connectivity index (χ0n) is 16.1. The van der Waals surface area contributed by atoms with Crippen LogP contribution in [-0.2, 0) is 6.54 Å². The molecular weight excluding hydrogens is 352 g/mol. The molecule has 1 aliphatic carbocycles. The van der Waals surface area contributed by atoms with Crippen LogP contribution in [0, 0.1) is 0 Å². The van der Waals surface area contributed by atoms with E-state index in [0.717, 1.165) is 30.1 Å². The Balaban J connectivity index is 1.48. The lowest BCUT2D eigenvalue weighted by Gasteiger charge is -2.12. The van der Waals surface area contributed by atoms with E-state index in [9.17, 15) is 4.79 Å². The number of benzene rings is 1. The molecule has 0 spiro atoms. The van der Waals surface area contributed by atoms with Crippen LogP contribution < -0.4 is 11.1 Å². The minimum atomic E-state index is -0.303. The smallest absolute Gasteiger partial charge is 0.260 e. The Labute approximate surface area is 164 Å². The third-order valence-corrected chi connectivity index (χ3v) is 4.83. The van der Waals surface area contributed by atoms with E-state index in [0.29, 0.717) is 29.6 Å². The molecule has 3 aromatic rings. The summed E-state index contributed by atoms with van der Waals surface area (Å²) in [6.07, 6.45) is 7.49. The first kappa shape index (κ1) is 18.2. The van der Waals surface area contributed by atoms with Crippen LogP contribution in [0.3, 0.4) is 0 Å². The monoisotopic (exact) mass is 376 g/mol. The minimum Gasteiger partial charge on any atom is -0.383 e. The molecule has 0 unspecified atom stereocenters. The highest BCUT2D eigenvalue weighted by Gasteiger charge is 2.27. The predicted molar refractivity (Wildman–Crippen MR) is 108 cm³/mol. The second kappa shape index (κ2) is 7.42. The van der Waals surface area contributed by atoms with Crippen molar-refractivity contribution >= 4 is 17.4 Å². The maximum atomic E-state index is 12.6. The number of aromatic nitrogens is 4. The van der Waals surface area contributed by atoms with Crippen molar-refractivity contribution in [3.63, 3.8) is 0 Å². The summed E-state index contributed by atoms with van der Waals surface area (Å²) in [5.41, 5.74) is 8.06. The SMILES string of the molecule is CC(C)c1nccn1Cc1cccc(NC(=O)c2cnc(C3CC3)nc2N)c1. The zero-order valence-corrected chi connectivity index (χ0v) is 16.1. The number of imidazole rings is 1. The summed E-state index contributed by atoms with van der Waals surface area (Å²) in [6, 6.07) is 7.76. The lowest BCUT2D eigenvalue weighted by atomic mass is 10.1. The van der Waals surface area contributed by atoms with Crippen molar-refractivity contribution < 1.29 is 4.79 Å². The van der Waals surface area contributed by atoms with Gasteiger partial charge in [0.2, 0.25) is 0 Å². The van der Waals surface area contributed by atoms with Crippen molar-refractivity contribution in [3.8, 4) is 0 Å². The summed E-state index contributed by atoms with van der Waals surface area (Å²) < 4.78 is 2.12. The Morgan fingerprint density at radius 1 is 1.32 bits per heavy atom. The standard InChI is InChI=1S/C21H24N6O/c1-13(2)20-23-8-9-27(20)12-14-4-3-5-16(10-14)25-21(28)17-11-24-19(15-6-7-15)26-18(17)22/h3-5,8-11,13,15H,6-7,12H2,1-2H3,(H,25,28)(H2,22,24,26). The minimum absolute atomic E-state index is 0.227. The fraction of sp³-hybridized carbons (Fsp3) is 0.333. The lowest BCUT2D eigenvalue weighted by molar-refractivity contribution is 0.102. The number of carbonyl (C=O) groups excluding carboxylic acids is 1. The number of nitrogens with two attached hydrogens (primary N) is 1.